The summed E-state index contributed by atoms with van der Waals surface area (Å²) in [5, 5.41) is 3.43. The average Bonchev–Trinajstić information content (AvgIpc) is 2.73. The van der Waals surface area contributed by atoms with Crippen LogP contribution in [0.4, 0.5) is 11.5 Å². The molecule has 1 saturated heterocycles. The van der Waals surface area contributed by atoms with E-state index in [2.05, 4.69) is 42.3 Å². The van der Waals surface area contributed by atoms with Crippen LogP contribution in [0.3, 0.4) is 0 Å². The number of carbonyl (C=O) groups excluding carboxylic acids is 2. The summed E-state index contributed by atoms with van der Waals surface area (Å²) < 4.78 is 0. The van der Waals surface area contributed by atoms with E-state index in [1.54, 1.807) is 29.0 Å². The molecule has 2 aromatic rings. The lowest BCUT2D eigenvalue weighted by atomic mass is 10.0. The van der Waals surface area contributed by atoms with Crippen LogP contribution >= 0.6 is 0 Å². The smallest absolute Gasteiger partial charge is 0.254 e. The third-order valence-corrected chi connectivity index (χ3v) is 5.27. The van der Waals surface area contributed by atoms with E-state index in [1.807, 2.05) is 6.07 Å². The molecule has 0 spiro atoms. The van der Waals surface area contributed by atoms with E-state index in [4.69, 9.17) is 0 Å². The van der Waals surface area contributed by atoms with Gasteiger partial charge in [0.05, 0.1) is 0 Å². The molecule has 1 N–H and O–H groups in total. The quantitative estimate of drug-likeness (QED) is 0.865. The summed E-state index contributed by atoms with van der Waals surface area (Å²) in [6.45, 7) is 8.12. The molecule has 148 valence electrons. The number of pyridine rings is 1. The second kappa shape index (κ2) is 8.87. The Morgan fingerprint density at radius 3 is 2.18 bits per heavy atom. The molecule has 1 fully saturated rings. The van der Waals surface area contributed by atoms with Gasteiger partial charge in [0.15, 0.2) is 0 Å². The van der Waals surface area contributed by atoms with Crippen LogP contribution in [-0.4, -0.2) is 52.8 Å². The lowest BCUT2D eigenvalue weighted by Crippen LogP contribution is -2.50. The number of aromatic nitrogens is 1. The SMILES string of the molecule is CCc1cccc(CC)c1Nc1cc(C(=O)N2CCN(C(C)=O)CC2)ccn1. The van der Waals surface area contributed by atoms with Gasteiger partial charge in [0.2, 0.25) is 5.91 Å². The van der Waals surface area contributed by atoms with Gasteiger partial charge in [-0.3, -0.25) is 9.59 Å². The molecule has 0 radical (unpaired) electrons. The molecule has 6 heteroatoms. The third kappa shape index (κ3) is 4.32. The van der Waals surface area contributed by atoms with E-state index >= 15 is 0 Å². The van der Waals surface area contributed by atoms with Crippen molar-refractivity contribution in [1.29, 1.82) is 0 Å². The number of rotatable bonds is 5. The number of para-hydroxylation sites is 1. The molecule has 1 aliphatic heterocycles. The number of nitrogens with zero attached hydrogens (tertiary/aromatic N) is 3. The van der Waals surface area contributed by atoms with Crippen LogP contribution in [-0.2, 0) is 17.6 Å². The van der Waals surface area contributed by atoms with Crippen molar-refractivity contribution < 1.29 is 9.59 Å². The highest BCUT2D eigenvalue weighted by Crippen LogP contribution is 2.26. The minimum absolute atomic E-state index is 0.0202. The fourth-order valence-corrected chi connectivity index (χ4v) is 3.57. The van der Waals surface area contributed by atoms with Gasteiger partial charge in [0, 0.05) is 50.6 Å². The molecule has 1 aromatic carbocycles. The first kappa shape index (κ1) is 19.9. The van der Waals surface area contributed by atoms with Crippen LogP contribution in [0.15, 0.2) is 36.5 Å². The molecule has 2 amide bonds. The van der Waals surface area contributed by atoms with E-state index in [-0.39, 0.29) is 11.8 Å². The summed E-state index contributed by atoms with van der Waals surface area (Å²) >= 11 is 0. The van der Waals surface area contributed by atoms with Gasteiger partial charge in [0.1, 0.15) is 5.82 Å². The van der Waals surface area contributed by atoms with Crippen LogP contribution < -0.4 is 5.32 Å². The predicted octanol–water partition coefficient (Wildman–Crippen LogP) is 3.25. The number of hydrogen-bond acceptors (Lipinski definition) is 4. The first-order chi connectivity index (χ1) is 13.5. The van der Waals surface area contributed by atoms with Crippen molar-refractivity contribution in [1.82, 2.24) is 14.8 Å². The summed E-state index contributed by atoms with van der Waals surface area (Å²) in [6.07, 6.45) is 3.52. The van der Waals surface area contributed by atoms with Crippen molar-refractivity contribution in [3.05, 3.63) is 53.2 Å². The third-order valence-electron chi connectivity index (χ3n) is 5.27. The van der Waals surface area contributed by atoms with Gasteiger partial charge in [-0.05, 0) is 36.1 Å². The van der Waals surface area contributed by atoms with Gasteiger partial charge < -0.3 is 15.1 Å². The Bertz CT molecular complexity index is 835. The molecule has 0 aliphatic carbocycles. The molecule has 1 aromatic heterocycles. The highest BCUT2D eigenvalue weighted by Gasteiger charge is 2.23. The minimum Gasteiger partial charge on any atom is -0.340 e. The second-order valence-electron chi connectivity index (χ2n) is 7.01. The van der Waals surface area contributed by atoms with Gasteiger partial charge in [0.25, 0.3) is 5.91 Å². The van der Waals surface area contributed by atoms with Crippen LogP contribution in [0.5, 0.6) is 0 Å². The van der Waals surface area contributed by atoms with Crippen molar-refractivity contribution in [2.24, 2.45) is 0 Å². The van der Waals surface area contributed by atoms with Crippen molar-refractivity contribution in [2.45, 2.75) is 33.6 Å². The molecule has 1 aliphatic rings. The molecule has 0 unspecified atom stereocenters. The number of aryl methyl sites for hydroxylation is 2. The Labute approximate surface area is 166 Å². The number of benzene rings is 1. The summed E-state index contributed by atoms with van der Waals surface area (Å²) in [5.41, 5.74) is 4.16. The van der Waals surface area contributed by atoms with Gasteiger partial charge in [-0.2, -0.15) is 0 Å². The molecule has 6 nitrogen and oxygen atoms in total. The van der Waals surface area contributed by atoms with Gasteiger partial charge in [-0.25, -0.2) is 4.98 Å². The number of amides is 2. The number of carbonyl (C=O) groups is 2. The highest BCUT2D eigenvalue weighted by atomic mass is 16.2. The Balaban J connectivity index is 1.76. The number of hydrogen-bond donors (Lipinski definition) is 1. The zero-order chi connectivity index (χ0) is 20.1. The molecule has 0 saturated carbocycles. The van der Waals surface area contributed by atoms with Crippen molar-refractivity contribution in [2.75, 3.05) is 31.5 Å². The standard InChI is InChI=1S/C22H28N4O2/c1-4-17-7-6-8-18(5-2)21(17)24-20-15-19(9-10-23-20)22(28)26-13-11-25(12-14-26)16(3)27/h6-10,15H,4-5,11-14H2,1-3H3,(H,23,24). The maximum Gasteiger partial charge on any atom is 0.254 e. The fourth-order valence-electron chi connectivity index (χ4n) is 3.57. The van der Waals surface area contributed by atoms with Crippen molar-refractivity contribution in [3.63, 3.8) is 0 Å². The number of piperazine rings is 1. The highest BCUT2D eigenvalue weighted by molar-refractivity contribution is 5.95. The van der Waals surface area contributed by atoms with Gasteiger partial charge >= 0.3 is 0 Å². The van der Waals surface area contributed by atoms with Crippen LogP contribution in [0, 0.1) is 0 Å². The Morgan fingerprint density at radius 1 is 1.00 bits per heavy atom. The molecular weight excluding hydrogens is 352 g/mol. The summed E-state index contributed by atoms with van der Waals surface area (Å²) in [5.74, 6) is 0.709. The van der Waals surface area contributed by atoms with Gasteiger partial charge in [-0.15, -0.1) is 0 Å². The van der Waals surface area contributed by atoms with E-state index < -0.39 is 0 Å². The molecule has 0 bridgehead atoms. The van der Waals surface area contributed by atoms with E-state index in [1.165, 1.54) is 11.1 Å². The zero-order valence-corrected chi connectivity index (χ0v) is 16.9. The van der Waals surface area contributed by atoms with E-state index in [9.17, 15) is 9.59 Å². The Hall–Kier alpha value is -2.89. The molecule has 3 rings (SSSR count). The summed E-state index contributed by atoms with van der Waals surface area (Å²) in [4.78, 5) is 32.4. The number of anilines is 2. The molecular formula is C22H28N4O2. The maximum atomic E-state index is 12.9. The first-order valence-electron chi connectivity index (χ1n) is 9.92. The zero-order valence-electron chi connectivity index (χ0n) is 16.9. The predicted molar refractivity (Wildman–Crippen MR) is 111 cm³/mol. The summed E-state index contributed by atoms with van der Waals surface area (Å²) in [7, 11) is 0. The monoisotopic (exact) mass is 380 g/mol. The maximum absolute atomic E-state index is 12.9. The normalized spacial score (nSPS) is 14.1. The average molecular weight is 380 g/mol. The van der Waals surface area contributed by atoms with E-state index in [0.29, 0.717) is 37.6 Å². The Kier molecular flexibility index (Phi) is 6.29. The van der Waals surface area contributed by atoms with Crippen LogP contribution in [0.1, 0.15) is 42.3 Å². The van der Waals surface area contributed by atoms with Gasteiger partial charge in [-0.1, -0.05) is 32.0 Å². The number of nitrogens with one attached hydrogen (secondary N) is 1. The van der Waals surface area contributed by atoms with Crippen LogP contribution in [0.25, 0.3) is 0 Å². The van der Waals surface area contributed by atoms with Crippen molar-refractivity contribution >= 4 is 23.3 Å². The van der Waals surface area contributed by atoms with Crippen LogP contribution in [0.2, 0.25) is 0 Å². The topological polar surface area (TPSA) is 65.5 Å². The lowest BCUT2D eigenvalue weighted by molar-refractivity contribution is -0.130. The largest absolute Gasteiger partial charge is 0.340 e. The van der Waals surface area contributed by atoms with Crippen molar-refractivity contribution in [3.8, 4) is 0 Å². The molecule has 0 atom stereocenters. The van der Waals surface area contributed by atoms with E-state index in [0.717, 1.165) is 18.5 Å². The second-order valence-corrected chi connectivity index (χ2v) is 7.01. The minimum atomic E-state index is -0.0202. The summed E-state index contributed by atoms with van der Waals surface area (Å²) in [6, 6.07) is 9.87. The fraction of sp³-hybridized carbons (Fsp3) is 0.409. The lowest BCUT2D eigenvalue weighted by Gasteiger charge is -2.34. The Morgan fingerprint density at radius 2 is 1.61 bits per heavy atom. The molecule has 28 heavy (non-hydrogen) atoms. The first-order valence-corrected chi connectivity index (χ1v) is 9.92. The molecule has 2 heterocycles.